The van der Waals surface area contributed by atoms with Crippen LogP contribution < -0.4 is 10.1 Å². The van der Waals surface area contributed by atoms with Gasteiger partial charge in [0.2, 0.25) is 21.4 Å². The largest absolute Gasteiger partial charge is 0.485 e. The van der Waals surface area contributed by atoms with Crippen LogP contribution in [0.1, 0.15) is 38.7 Å². The van der Waals surface area contributed by atoms with E-state index in [1.54, 1.807) is 30.6 Å². The van der Waals surface area contributed by atoms with Gasteiger partial charge in [-0.2, -0.15) is 14.6 Å². The van der Waals surface area contributed by atoms with Gasteiger partial charge >= 0.3 is 0 Å². The molecular weight excluding hydrogens is 533 g/mol. The lowest BCUT2D eigenvalue weighted by Gasteiger charge is -2.25. The number of nitrogens with zero attached hydrogens (tertiary/aromatic N) is 5. The summed E-state index contributed by atoms with van der Waals surface area (Å²) in [4.78, 5) is 8.97. The van der Waals surface area contributed by atoms with Crippen LogP contribution in [0.25, 0.3) is 16.9 Å². The summed E-state index contributed by atoms with van der Waals surface area (Å²) < 4.78 is 49.3. The Hall–Kier alpha value is -4.32. The van der Waals surface area contributed by atoms with Crippen molar-refractivity contribution in [1.29, 1.82) is 0 Å². The van der Waals surface area contributed by atoms with Crippen molar-refractivity contribution in [2.75, 3.05) is 5.32 Å². The van der Waals surface area contributed by atoms with Gasteiger partial charge < -0.3 is 10.1 Å². The smallest absolute Gasteiger partial charge is 0.247 e. The minimum Gasteiger partial charge on any atom is -0.485 e. The normalized spacial score (nSPS) is 14.0. The van der Waals surface area contributed by atoms with E-state index in [-0.39, 0.29) is 27.5 Å². The average molecular weight is 562 g/mol. The van der Waals surface area contributed by atoms with E-state index < -0.39 is 15.7 Å². The van der Waals surface area contributed by atoms with Crippen LogP contribution in [0.3, 0.4) is 0 Å². The van der Waals surface area contributed by atoms with Gasteiger partial charge in [-0.1, -0.05) is 31.4 Å². The number of fused-ring (bicyclic) bond motifs is 1. The lowest BCUT2D eigenvalue weighted by Crippen LogP contribution is -2.14. The highest BCUT2D eigenvalue weighted by atomic mass is 32.2. The van der Waals surface area contributed by atoms with E-state index in [4.69, 9.17) is 4.74 Å². The Balaban J connectivity index is 1.28. The summed E-state index contributed by atoms with van der Waals surface area (Å²) in [5, 5.41) is 13.9. The Morgan fingerprint density at radius 2 is 2.00 bits per heavy atom. The molecule has 0 amide bonds. The van der Waals surface area contributed by atoms with Crippen molar-refractivity contribution in [3.63, 3.8) is 0 Å². The Bertz CT molecular complexity index is 1780. The molecule has 0 spiro atoms. The maximum atomic E-state index is 15.2. The molecule has 40 heavy (non-hydrogen) atoms. The maximum Gasteiger partial charge on any atom is 0.247 e. The number of benzene rings is 2. The molecule has 0 bridgehead atoms. The third-order valence-electron chi connectivity index (χ3n) is 6.93. The van der Waals surface area contributed by atoms with Gasteiger partial charge in [-0.15, -0.1) is 5.10 Å². The molecule has 3 aromatic heterocycles. The Morgan fingerprint density at radius 1 is 1.18 bits per heavy atom. The fourth-order valence-electron chi connectivity index (χ4n) is 4.71. The van der Waals surface area contributed by atoms with Crippen molar-refractivity contribution in [3.05, 3.63) is 72.6 Å². The first-order valence-electron chi connectivity index (χ1n) is 13.1. The molecule has 1 fully saturated rings. The number of hydrogen-bond acceptors (Lipinski definition) is 8. The molecule has 206 valence electrons. The molecule has 0 unspecified atom stereocenters. The van der Waals surface area contributed by atoms with Crippen LogP contribution >= 0.6 is 0 Å². The lowest BCUT2D eigenvalue weighted by atomic mass is 9.81. The van der Waals surface area contributed by atoms with Crippen LogP contribution in [0, 0.1) is 11.7 Å². The predicted molar refractivity (Wildman–Crippen MR) is 147 cm³/mol. The van der Waals surface area contributed by atoms with Crippen molar-refractivity contribution in [2.45, 2.75) is 55.4 Å². The number of anilines is 2. The van der Waals surface area contributed by atoms with E-state index in [0.717, 1.165) is 18.1 Å². The highest BCUT2D eigenvalue weighted by Crippen LogP contribution is 2.33. The van der Waals surface area contributed by atoms with Gasteiger partial charge in [-0.25, -0.2) is 17.8 Å². The molecule has 0 aliphatic heterocycles. The zero-order chi connectivity index (χ0) is 27.9. The maximum absolute atomic E-state index is 15.2. The number of aromatic nitrogens is 6. The number of nitrogens with one attached hydrogen (secondary N) is 2. The monoisotopic (exact) mass is 561 g/mol. The number of aromatic amines is 1. The fourth-order valence-corrected chi connectivity index (χ4v) is 6.05. The van der Waals surface area contributed by atoms with Gasteiger partial charge in [0.1, 0.15) is 17.8 Å². The Labute approximate surface area is 230 Å². The van der Waals surface area contributed by atoms with E-state index >= 15 is 4.39 Å². The summed E-state index contributed by atoms with van der Waals surface area (Å²) in [6, 6.07) is 10.7. The minimum atomic E-state index is -3.90. The molecule has 3 heterocycles. The number of rotatable bonds is 9. The molecule has 6 rings (SSSR count). The van der Waals surface area contributed by atoms with Crippen LogP contribution in [0.2, 0.25) is 0 Å². The van der Waals surface area contributed by atoms with Crippen molar-refractivity contribution in [1.82, 2.24) is 29.8 Å². The van der Waals surface area contributed by atoms with E-state index in [0.29, 0.717) is 28.6 Å². The Kier molecular flexibility index (Phi) is 6.70. The first kappa shape index (κ1) is 25.9. The molecular formula is C28H28FN7O3S. The molecule has 1 saturated carbocycles. The third kappa shape index (κ3) is 5.02. The summed E-state index contributed by atoms with van der Waals surface area (Å²) in [5.41, 5.74) is 2.64. The van der Waals surface area contributed by atoms with Crippen LogP contribution in [-0.2, 0) is 16.3 Å². The first-order chi connectivity index (χ1) is 19.3. The molecule has 0 atom stereocenters. The van der Waals surface area contributed by atoms with Gasteiger partial charge in [0.05, 0.1) is 27.8 Å². The minimum absolute atomic E-state index is 0.0305. The molecule has 10 nitrogen and oxygen atoms in total. The van der Waals surface area contributed by atoms with Crippen LogP contribution in [-0.4, -0.2) is 44.3 Å². The van der Waals surface area contributed by atoms with Gasteiger partial charge in [0.15, 0.2) is 5.75 Å². The van der Waals surface area contributed by atoms with Crippen molar-refractivity contribution < 1.29 is 17.5 Å². The Morgan fingerprint density at radius 3 is 2.70 bits per heavy atom. The molecule has 2 aromatic carbocycles. The van der Waals surface area contributed by atoms with E-state index in [2.05, 4.69) is 30.6 Å². The number of H-pyrrole nitrogens is 1. The summed E-state index contributed by atoms with van der Waals surface area (Å²) in [7, 11) is -3.90. The predicted octanol–water partition coefficient (Wildman–Crippen LogP) is 5.36. The number of halogens is 1. The number of sulfone groups is 1. The quantitative estimate of drug-likeness (QED) is 0.246. The SMILES string of the molecule is CC(C)Oc1c(-c2cn[nH]c2)ncn2nc(Nc3ccc(S(=O)(=O)c4cccc(CC5CCC5)c4)cc3F)nc12. The van der Waals surface area contributed by atoms with Crippen LogP contribution in [0.4, 0.5) is 16.0 Å². The van der Waals surface area contributed by atoms with Crippen molar-refractivity contribution >= 4 is 27.1 Å². The highest BCUT2D eigenvalue weighted by Gasteiger charge is 2.23. The standard InChI is InChI=1S/C28H28FN7O3S/c1-17(2)39-26-25(20-14-31-32-15-20)30-16-36-27(26)34-28(35-36)33-24-10-9-22(13-23(24)29)40(37,38)21-8-4-7-19(12-21)11-18-5-3-6-18/h4,7-10,12-18H,3,5-6,11H2,1-2H3,(H,31,32)(H,33,35). The second kappa shape index (κ2) is 10.3. The molecule has 0 radical (unpaired) electrons. The highest BCUT2D eigenvalue weighted by molar-refractivity contribution is 7.91. The average Bonchev–Trinajstić information content (AvgIpc) is 3.58. The molecule has 1 aliphatic rings. The van der Waals surface area contributed by atoms with E-state index in [1.165, 1.54) is 42.2 Å². The zero-order valence-corrected chi connectivity index (χ0v) is 22.8. The molecule has 2 N–H and O–H groups in total. The van der Waals surface area contributed by atoms with Crippen molar-refractivity contribution in [3.8, 4) is 17.0 Å². The van der Waals surface area contributed by atoms with Crippen molar-refractivity contribution in [2.24, 2.45) is 5.92 Å². The fraction of sp³-hybridized carbons (Fsp3) is 0.286. The molecule has 12 heteroatoms. The number of hydrogen-bond donors (Lipinski definition) is 2. The van der Waals surface area contributed by atoms with E-state index in [9.17, 15) is 8.42 Å². The first-order valence-corrected chi connectivity index (χ1v) is 14.6. The van der Waals surface area contributed by atoms with Crippen LogP contribution in [0.15, 0.2) is 71.0 Å². The zero-order valence-electron chi connectivity index (χ0n) is 22.0. The summed E-state index contributed by atoms with van der Waals surface area (Å²) in [5.74, 6) is 0.357. The molecule has 5 aromatic rings. The summed E-state index contributed by atoms with van der Waals surface area (Å²) in [6.07, 6.45) is 9.05. The van der Waals surface area contributed by atoms with Gasteiger partial charge in [-0.05, 0) is 62.1 Å². The second-order valence-electron chi connectivity index (χ2n) is 10.2. The van der Waals surface area contributed by atoms with Gasteiger partial charge in [-0.3, -0.25) is 5.10 Å². The summed E-state index contributed by atoms with van der Waals surface area (Å²) in [6.45, 7) is 3.77. The second-order valence-corrected chi connectivity index (χ2v) is 12.1. The molecule has 0 saturated heterocycles. The van der Waals surface area contributed by atoms with Gasteiger partial charge in [0, 0.05) is 11.8 Å². The number of ether oxygens (including phenoxy) is 1. The summed E-state index contributed by atoms with van der Waals surface area (Å²) >= 11 is 0. The molecule has 1 aliphatic carbocycles. The topological polar surface area (TPSA) is 127 Å². The van der Waals surface area contributed by atoms with Crippen LogP contribution in [0.5, 0.6) is 5.75 Å². The van der Waals surface area contributed by atoms with E-state index in [1.807, 2.05) is 19.9 Å². The lowest BCUT2D eigenvalue weighted by molar-refractivity contribution is 0.244. The van der Waals surface area contributed by atoms with Gasteiger partial charge in [0.25, 0.3) is 0 Å². The third-order valence-corrected chi connectivity index (χ3v) is 8.68.